The first-order chi connectivity index (χ1) is 12.7. The average molecular weight is 393 g/mol. The molecule has 1 aliphatic rings. The van der Waals surface area contributed by atoms with Crippen LogP contribution in [0.3, 0.4) is 0 Å². The van der Waals surface area contributed by atoms with Gasteiger partial charge < -0.3 is 21.1 Å². The predicted octanol–water partition coefficient (Wildman–Crippen LogP) is 1.01. The number of aliphatic hydroxyl groups excluding tert-OH is 1. The van der Waals surface area contributed by atoms with E-state index in [1.807, 2.05) is 0 Å². The molecule has 0 aliphatic carbocycles. The van der Waals surface area contributed by atoms with Crippen LogP contribution in [0.25, 0.3) is 0 Å². The molecule has 4 N–H and O–H groups in total. The van der Waals surface area contributed by atoms with Crippen LogP contribution >= 0.6 is 0 Å². The van der Waals surface area contributed by atoms with Crippen LogP contribution in [0.4, 0.5) is 21.5 Å². The highest BCUT2D eigenvalue weighted by atomic mass is 32.2. The highest BCUT2D eigenvalue weighted by molar-refractivity contribution is 7.91. The minimum absolute atomic E-state index is 0.182. The minimum atomic E-state index is -3.40. The Labute approximate surface area is 156 Å². The van der Waals surface area contributed by atoms with Crippen LogP contribution in [0.15, 0.2) is 48.5 Å². The number of carbonyl (C=O) groups is 1. The second kappa shape index (κ2) is 7.53. The van der Waals surface area contributed by atoms with E-state index in [2.05, 4.69) is 5.32 Å². The van der Waals surface area contributed by atoms with Crippen molar-refractivity contribution in [2.24, 2.45) is 0 Å². The van der Waals surface area contributed by atoms with E-state index in [0.29, 0.717) is 17.1 Å². The second-order valence-corrected chi connectivity index (χ2v) is 8.64. The Bertz CT molecular complexity index is 917. The molecule has 0 saturated carbocycles. The van der Waals surface area contributed by atoms with Crippen molar-refractivity contribution in [2.45, 2.75) is 12.1 Å². The number of carbonyl (C=O) groups excluding carboxylic acids is 1. The van der Waals surface area contributed by atoms with Gasteiger partial charge in [-0.2, -0.15) is 0 Å². The maximum atomic E-state index is 13.0. The molecule has 2 unspecified atom stereocenters. The van der Waals surface area contributed by atoms with E-state index >= 15 is 0 Å². The van der Waals surface area contributed by atoms with Gasteiger partial charge in [0, 0.05) is 17.1 Å². The summed E-state index contributed by atoms with van der Waals surface area (Å²) >= 11 is 0. The molecule has 7 nitrogen and oxygen atoms in total. The summed E-state index contributed by atoms with van der Waals surface area (Å²) < 4.78 is 36.8. The molecule has 0 radical (unpaired) electrons. The molecular formula is C18H20FN3O4S. The summed E-state index contributed by atoms with van der Waals surface area (Å²) in [4.78, 5) is 14.0. The number of nitrogens with one attached hydrogen (secondary N) is 1. The highest BCUT2D eigenvalue weighted by Gasteiger charge is 2.40. The molecule has 3 rings (SSSR count). The van der Waals surface area contributed by atoms with Crippen LogP contribution < -0.4 is 16.0 Å². The summed E-state index contributed by atoms with van der Waals surface area (Å²) in [5, 5.41) is 12.9. The standard InChI is InChI=1S/C18H20FN3O4S/c19-12-1-5-14(6-2-12)21-18(24)9-22(15-7-3-13(20)4-8-15)16-10-27(25,26)11-17(16)23/h1-8,16-17,23H,9-11,20H2,(H,21,24). The van der Waals surface area contributed by atoms with Gasteiger partial charge in [0.2, 0.25) is 5.91 Å². The number of hydrogen-bond acceptors (Lipinski definition) is 6. The Hall–Kier alpha value is -2.65. The molecule has 1 amide bonds. The van der Waals surface area contributed by atoms with Crippen LogP contribution in [0.1, 0.15) is 0 Å². The summed E-state index contributed by atoms with van der Waals surface area (Å²) in [5.41, 5.74) is 7.20. The van der Waals surface area contributed by atoms with Gasteiger partial charge in [-0.05, 0) is 48.5 Å². The van der Waals surface area contributed by atoms with Crippen molar-refractivity contribution >= 4 is 32.8 Å². The van der Waals surface area contributed by atoms with Crippen molar-refractivity contribution in [3.63, 3.8) is 0 Å². The van der Waals surface area contributed by atoms with Crippen molar-refractivity contribution in [2.75, 3.05) is 34.0 Å². The van der Waals surface area contributed by atoms with E-state index in [1.165, 1.54) is 24.3 Å². The molecule has 27 heavy (non-hydrogen) atoms. The van der Waals surface area contributed by atoms with E-state index in [-0.39, 0.29) is 18.1 Å². The zero-order chi connectivity index (χ0) is 19.6. The van der Waals surface area contributed by atoms with Gasteiger partial charge >= 0.3 is 0 Å². The fraction of sp³-hybridized carbons (Fsp3) is 0.278. The lowest BCUT2D eigenvalue weighted by Gasteiger charge is -2.31. The molecule has 0 spiro atoms. The first-order valence-corrected chi connectivity index (χ1v) is 10.1. The number of benzene rings is 2. The number of anilines is 3. The predicted molar refractivity (Wildman–Crippen MR) is 102 cm³/mol. The third kappa shape index (κ3) is 4.75. The van der Waals surface area contributed by atoms with Gasteiger partial charge in [-0.1, -0.05) is 0 Å². The molecule has 1 heterocycles. The highest BCUT2D eigenvalue weighted by Crippen LogP contribution is 2.25. The average Bonchev–Trinajstić information content (AvgIpc) is 2.88. The van der Waals surface area contributed by atoms with Crippen LogP contribution in [0, 0.1) is 5.82 Å². The molecule has 0 bridgehead atoms. The topological polar surface area (TPSA) is 113 Å². The minimum Gasteiger partial charge on any atom is -0.399 e. The number of nitrogen functional groups attached to an aromatic ring is 1. The number of nitrogens with two attached hydrogens (primary N) is 1. The van der Waals surface area contributed by atoms with Crippen LogP contribution in [0.2, 0.25) is 0 Å². The maximum Gasteiger partial charge on any atom is 0.243 e. The molecule has 2 aromatic rings. The summed E-state index contributed by atoms with van der Waals surface area (Å²) in [6.45, 7) is -0.182. The number of amides is 1. The smallest absolute Gasteiger partial charge is 0.243 e. The van der Waals surface area contributed by atoms with E-state index in [9.17, 15) is 22.7 Å². The van der Waals surface area contributed by atoms with Crippen molar-refractivity contribution in [3.05, 3.63) is 54.3 Å². The quantitative estimate of drug-likeness (QED) is 0.654. The fourth-order valence-electron chi connectivity index (χ4n) is 3.06. The molecular weight excluding hydrogens is 373 g/mol. The lowest BCUT2D eigenvalue weighted by Crippen LogP contribution is -2.47. The number of aliphatic hydroxyl groups is 1. The number of sulfone groups is 1. The maximum absolute atomic E-state index is 13.0. The molecule has 2 atom stereocenters. The van der Waals surface area contributed by atoms with Gasteiger partial charge in [-0.25, -0.2) is 12.8 Å². The van der Waals surface area contributed by atoms with E-state index < -0.39 is 33.7 Å². The third-order valence-corrected chi connectivity index (χ3v) is 6.06. The van der Waals surface area contributed by atoms with Gasteiger partial charge in [0.25, 0.3) is 0 Å². The number of nitrogens with zero attached hydrogens (tertiary/aromatic N) is 1. The number of rotatable bonds is 5. The Balaban J connectivity index is 1.82. The Morgan fingerprint density at radius 2 is 1.78 bits per heavy atom. The van der Waals surface area contributed by atoms with Crippen LogP contribution in [0.5, 0.6) is 0 Å². The van der Waals surface area contributed by atoms with Crippen molar-refractivity contribution in [1.29, 1.82) is 0 Å². The Morgan fingerprint density at radius 3 is 2.33 bits per heavy atom. The van der Waals surface area contributed by atoms with Gasteiger partial charge in [0.15, 0.2) is 9.84 Å². The first kappa shape index (κ1) is 19.1. The van der Waals surface area contributed by atoms with Gasteiger partial charge in [-0.3, -0.25) is 4.79 Å². The summed E-state index contributed by atoms with van der Waals surface area (Å²) in [7, 11) is -3.40. The first-order valence-electron chi connectivity index (χ1n) is 8.29. The Morgan fingerprint density at radius 1 is 1.15 bits per heavy atom. The number of hydrogen-bond donors (Lipinski definition) is 3. The van der Waals surface area contributed by atoms with E-state index in [0.717, 1.165) is 0 Å². The fourth-order valence-corrected chi connectivity index (χ4v) is 4.86. The second-order valence-electron chi connectivity index (χ2n) is 6.49. The third-order valence-electron chi connectivity index (χ3n) is 4.36. The molecule has 144 valence electrons. The van der Waals surface area contributed by atoms with Crippen LogP contribution in [-0.2, 0) is 14.6 Å². The van der Waals surface area contributed by atoms with Gasteiger partial charge in [0.1, 0.15) is 5.82 Å². The van der Waals surface area contributed by atoms with Gasteiger partial charge in [-0.15, -0.1) is 0 Å². The molecule has 9 heteroatoms. The molecule has 1 fully saturated rings. The normalized spacial score (nSPS) is 21.0. The molecule has 1 aliphatic heterocycles. The van der Waals surface area contributed by atoms with Gasteiger partial charge in [0.05, 0.1) is 30.2 Å². The summed E-state index contributed by atoms with van der Waals surface area (Å²) in [6, 6.07) is 11.1. The van der Waals surface area contributed by atoms with Crippen molar-refractivity contribution in [1.82, 2.24) is 0 Å². The van der Waals surface area contributed by atoms with Crippen molar-refractivity contribution < 1.29 is 22.7 Å². The summed E-state index contributed by atoms with van der Waals surface area (Å²) in [5.74, 6) is -1.43. The van der Waals surface area contributed by atoms with Crippen LogP contribution in [-0.4, -0.2) is 49.6 Å². The monoisotopic (exact) mass is 393 g/mol. The SMILES string of the molecule is Nc1ccc(N(CC(=O)Nc2ccc(F)cc2)C2CS(=O)(=O)CC2O)cc1. The lowest BCUT2D eigenvalue weighted by molar-refractivity contribution is -0.115. The summed E-state index contributed by atoms with van der Waals surface area (Å²) in [6.07, 6.45) is -1.11. The molecule has 0 aromatic heterocycles. The lowest BCUT2D eigenvalue weighted by atomic mass is 10.1. The van der Waals surface area contributed by atoms with E-state index in [4.69, 9.17) is 5.73 Å². The largest absolute Gasteiger partial charge is 0.399 e. The number of halogens is 1. The Kier molecular flexibility index (Phi) is 5.33. The zero-order valence-electron chi connectivity index (χ0n) is 14.4. The molecule has 2 aromatic carbocycles. The van der Waals surface area contributed by atoms with Crippen molar-refractivity contribution in [3.8, 4) is 0 Å². The zero-order valence-corrected chi connectivity index (χ0v) is 15.2. The molecule has 1 saturated heterocycles. The van der Waals surface area contributed by atoms with E-state index in [1.54, 1.807) is 29.2 Å².